The molecule has 1 aliphatic rings. The third-order valence-corrected chi connectivity index (χ3v) is 5.33. The Hall–Kier alpha value is -0.850. The van der Waals surface area contributed by atoms with Gasteiger partial charge < -0.3 is 9.52 Å². The molecule has 0 atom stereocenters. The predicted molar refractivity (Wildman–Crippen MR) is 80.2 cm³/mol. The third-order valence-electron chi connectivity index (χ3n) is 3.93. The second kappa shape index (κ2) is 5.41. The maximum absolute atomic E-state index is 12.4. The number of furan rings is 1. The molecular weight excluding hydrogens is 290 g/mol. The zero-order valence-electron chi connectivity index (χ0n) is 13.1. The maximum atomic E-state index is 12.4. The summed E-state index contributed by atoms with van der Waals surface area (Å²) in [5.74, 6) is 0.250. The molecule has 1 aromatic rings. The molecule has 2 rings (SSSR count). The summed E-state index contributed by atoms with van der Waals surface area (Å²) in [7, 11) is -3.68. The molecule has 1 aromatic heterocycles. The largest absolute Gasteiger partial charge is 0.446 e. The minimum Gasteiger partial charge on any atom is -0.446 e. The average molecular weight is 315 g/mol. The monoisotopic (exact) mass is 315 g/mol. The highest BCUT2D eigenvalue weighted by molar-refractivity contribution is 7.89. The summed E-state index contributed by atoms with van der Waals surface area (Å²) in [5.41, 5.74) is 0.211. The predicted octanol–water partition coefficient (Wildman–Crippen LogP) is 2.66. The molecule has 5 nitrogen and oxygen atoms in total. The van der Waals surface area contributed by atoms with Gasteiger partial charge in [0.15, 0.2) is 0 Å². The molecule has 0 aliphatic heterocycles. The number of sulfonamides is 1. The van der Waals surface area contributed by atoms with E-state index in [0.717, 1.165) is 19.3 Å². The first-order valence-electron chi connectivity index (χ1n) is 7.25. The maximum Gasteiger partial charge on any atom is 0.274 e. The van der Waals surface area contributed by atoms with E-state index in [9.17, 15) is 8.42 Å². The van der Waals surface area contributed by atoms with Crippen molar-refractivity contribution in [3.63, 3.8) is 0 Å². The van der Waals surface area contributed by atoms with Crippen molar-refractivity contribution in [3.8, 4) is 0 Å². The van der Waals surface area contributed by atoms with E-state index in [0.29, 0.717) is 0 Å². The molecule has 1 heterocycles. The molecule has 0 spiro atoms. The Labute approximate surface area is 126 Å². The fourth-order valence-electron chi connectivity index (χ4n) is 3.79. The Morgan fingerprint density at radius 2 is 1.81 bits per heavy atom. The van der Waals surface area contributed by atoms with E-state index in [2.05, 4.69) is 32.4 Å². The van der Waals surface area contributed by atoms with E-state index in [-0.39, 0.29) is 34.3 Å². The van der Waals surface area contributed by atoms with Gasteiger partial charge in [-0.15, -0.1) is 0 Å². The molecule has 0 amide bonds. The Bertz CT molecular complexity index is 585. The topological polar surface area (TPSA) is 79.5 Å². The lowest BCUT2D eigenvalue weighted by atomic mass is 9.64. The summed E-state index contributed by atoms with van der Waals surface area (Å²) in [5, 5.41) is 8.83. The molecule has 2 N–H and O–H groups in total. The molecule has 1 aliphatic carbocycles. The molecule has 0 radical (unpaired) electrons. The van der Waals surface area contributed by atoms with Crippen LogP contribution >= 0.6 is 0 Å². The second-order valence-electron chi connectivity index (χ2n) is 7.61. The molecule has 0 saturated heterocycles. The molecule has 0 unspecified atom stereocenters. The van der Waals surface area contributed by atoms with Crippen LogP contribution in [0.15, 0.2) is 21.6 Å². The molecule has 6 heteroatoms. The molecule has 0 bridgehead atoms. The van der Waals surface area contributed by atoms with Crippen molar-refractivity contribution in [1.29, 1.82) is 0 Å². The third kappa shape index (κ3) is 4.08. The first-order valence-corrected chi connectivity index (χ1v) is 8.73. The number of hydrogen-bond acceptors (Lipinski definition) is 4. The van der Waals surface area contributed by atoms with Gasteiger partial charge in [0.2, 0.25) is 5.09 Å². The van der Waals surface area contributed by atoms with E-state index in [1.54, 1.807) is 0 Å². The summed E-state index contributed by atoms with van der Waals surface area (Å²) < 4.78 is 32.6. The molecule has 1 saturated carbocycles. The van der Waals surface area contributed by atoms with Gasteiger partial charge >= 0.3 is 0 Å². The van der Waals surface area contributed by atoms with Gasteiger partial charge in [-0.25, -0.2) is 13.1 Å². The van der Waals surface area contributed by atoms with Gasteiger partial charge in [0.1, 0.15) is 12.4 Å². The van der Waals surface area contributed by atoms with Crippen molar-refractivity contribution in [2.75, 3.05) is 0 Å². The molecular formula is C15H25NO4S. The van der Waals surface area contributed by atoms with Gasteiger partial charge in [-0.2, -0.15) is 0 Å². The van der Waals surface area contributed by atoms with Crippen molar-refractivity contribution in [3.05, 3.63) is 17.9 Å². The summed E-state index contributed by atoms with van der Waals surface area (Å²) in [6, 6.07) is 2.76. The Balaban J connectivity index is 2.16. The van der Waals surface area contributed by atoms with Gasteiger partial charge in [-0.05, 0) is 42.2 Å². The van der Waals surface area contributed by atoms with Gasteiger partial charge in [0.25, 0.3) is 10.0 Å². The minimum atomic E-state index is -3.68. The number of aliphatic hydroxyl groups excluding tert-OH is 1. The van der Waals surface area contributed by atoms with Crippen LogP contribution in [0.2, 0.25) is 0 Å². The van der Waals surface area contributed by atoms with Crippen molar-refractivity contribution >= 4 is 10.0 Å². The summed E-state index contributed by atoms with van der Waals surface area (Å²) >= 11 is 0. The van der Waals surface area contributed by atoms with Crippen LogP contribution in [0, 0.1) is 10.8 Å². The van der Waals surface area contributed by atoms with Gasteiger partial charge in [-0.3, -0.25) is 0 Å². The summed E-state index contributed by atoms with van der Waals surface area (Å²) in [4.78, 5) is 0. The highest BCUT2D eigenvalue weighted by Gasteiger charge is 2.40. The first kappa shape index (κ1) is 16.5. The lowest BCUT2D eigenvalue weighted by molar-refractivity contribution is 0.0932. The fourth-order valence-corrected chi connectivity index (χ4v) is 4.98. The number of hydrogen-bond donors (Lipinski definition) is 2. The SMILES string of the molecule is CC1(C)CC(NS(=O)(=O)c2ccc(CO)o2)CC(C)(C)C1. The Kier molecular flexibility index (Phi) is 4.26. The zero-order chi connectivity index (χ0) is 15.9. The van der Waals surface area contributed by atoms with Crippen molar-refractivity contribution in [2.45, 2.75) is 64.7 Å². The van der Waals surface area contributed by atoms with Crippen LogP contribution in [0.3, 0.4) is 0 Å². The number of nitrogens with one attached hydrogen (secondary N) is 1. The van der Waals surface area contributed by atoms with Crippen LogP contribution in [-0.4, -0.2) is 19.6 Å². The van der Waals surface area contributed by atoms with E-state index in [4.69, 9.17) is 9.52 Å². The highest BCUT2D eigenvalue weighted by Crippen LogP contribution is 2.45. The van der Waals surface area contributed by atoms with Crippen LogP contribution in [0.4, 0.5) is 0 Å². The van der Waals surface area contributed by atoms with Crippen LogP contribution in [0.1, 0.15) is 52.7 Å². The van der Waals surface area contributed by atoms with E-state index in [1.165, 1.54) is 12.1 Å². The highest BCUT2D eigenvalue weighted by atomic mass is 32.2. The van der Waals surface area contributed by atoms with Crippen LogP contribution in [0.25, 0.3) is 0 Å². The van der Waals surface area contributed by atoms with Crippen LogP contribution in [0.5, 0.6) is 0 Å². The van der Waals surface area contributed by atoms with Crippen molar-refractivity contribution in [2.24, 2.45) is 10.8 Å². The fraction of sp³-hybridized carbons (Fsp3) is 0.733. The van der Waals surface area contributed by atoms with E-state index < -0.39 is 10.0 Å². The van der Waals surface area contributed by atoms with Crippen molar-refractivity contribution in [1.82, 2.24) is 4.72 Å². The van der Waals surface area contributed by atoms with Crippen LogP contribution < -0.4 is 4.72 Å². The van der Waals surface area contributed by atoms with E-state index >= 15 is 0 Å². The molecule has 0 aromatic carbocycles. The second-order valence-corrected chi connectivity index (χ2v) is 9.26. The Morgan fingerprint density at radius 1 is 1.24 bits per heavy atom. The molecule has 1 fully saturated rings. The van der Waals surface area contributed by atoms with Gasteiger partial charge in [0, 0.05) is 6.04 Å². The summed E-state index contributed by atoms with van der Waals surface area (Å²) in [6.45, 7) is 8.38. The minimum absolute atomic E-state index is 0.101. The van der Waals surface area contributed by atoms with Gasteiger partial charge in [0.05, 0.1) is 0 Å². The normalized spacial score (nSPS) is 22.3. The standard InChI is InChI=1S/C15H25NO4S/c1-14(2)7-11(8-15(3,4)10-14)16-21(18,19)13-6-5-12(9-17)20-13/h5-6,11,16-17H,7-10H2,1-4H3. The van der Waals surface area contributed by atoms with Crippen LogP contribution in [-0.2, 0) is 16.6 Å². The van der Waals surface area contributed by atoms with E-state index in [1.807, 2.05) is 0 Å². The lowest BCUT2D eigenvalue weighted by Gasteiger charge is -2.44. The molecule has 120 valence electrons. The van der Waals surface area contributed by atoms with Crippen molar-refractivity contribution < 1.29 is 17.9 Å². The smallest absolute Gasteiger partial charge is 0.274 e. The number of rotatable bonds is 4. The van der Waals surface area contributed by atoms with Gasteiger partial charge in [-0.1, -0.05) is 27.7 Å². The first-order chi connectivity index (χ1) is 9.53. The molecule has 21 heavy (non-hydrogen) atoms. The zero-order valence-corrected chi connectivity index (χ0v) is 14.0. The number of aliphatic hydroxyl groups is 1. The summed E-state index contributed by atoms with van der Waals surface area (Å²) in [6.07, 6.45) is 2.69. The Morgan fingerprint density at radius 3 is 2.29 bits per heavy atom. The lowest BCUT2D eigenvalue weighted by Crippen LogP contribution is -2.45. The average Bonchev–Trinajstić information content (AvgIpc) is 2.72. The quantitative estimate of drug-likeness (QED) is 0.895.